The number of aromatic nitrogens is 3. The monoisotopic (exact) mass is 385 g/mol. The van der Waals surface area contributed by atoms with Crippen LogP contribution < -0.4 is 5.32 Å². The highest BCUT2D eigenvalue weighted by Gasteiger charge is 2.22. The second-order valence-electron chi connectivity index (χ2n) is 5.65. The van der Waals surface area contributed by atoms with Crippen LogP contribution in [-0.4, -0.2) is 39.7 Å². The standard InChI is InChI=1S/C18H13ClFN5O2/c19-15-6-1-11(9-22-15)17(26)24-16-14(18-21-7-8-27-18)10-23-25(16)13-4-2-12(20)3-5-13/h1-6,9-10H,7-8H2,(H,24,26). The number of nitrogens with zero attached hydrogens (tertiary/aromatic N) is 4. The van der Waals surface area contributed by atoms with E-state index in [-0.39, 0.29) is 11.0 Å². The number of rotatable bonds is 4. The number of benzene rings is 1. The van der Waals surface area contributed by atoms with Gasteiger partial charge in [-0.05, 0) is 36.4 Å². The Morgan fingerprint density at radius 2 is 2.00 bits per heavy atom. The van der Waals surface area contributed by atoms with E-state index in [9.17, 15) is 9.18 Å². The first-order valence-corrected chi connectivity index (χ1v) is 8.44. The van der Waals surface area contributed by atoms with Gasteiger partial charge in [0.25, 0.3) is 5.91 Å². The zero-order chi connectivity index (χ0) is 18.8. The van der Waals surface area contributed by atoms with E-state index >= 15 is 0 Å². The topological polar surface area (TPSA) is 81.4 Å². The number of hydrogen-bond acceptors (Lipinski definition) is 5. The van der Waals surface area contributed by atoms with Gasteiger partial charge in [0.05, 0.1) is 29.6 Å². The van der Waals surface area contributed by atoms with Crippen molar-refractivity contribution in [1.82, 2.24) is 14.8 Å². The molecule has 136 valence electrons. The second kappa shape index (κ2) is 7.16. The summed E-state index contributed by atoms with van der Waals surface area (Å²) in [5, 5.41) is 7.40. The highest BCUT2D eigenvalue weighted by Crippen LogP contribution is 2.24. The molecule has 0 atom stereocenters. The lowest BCUT2D eigenvalue weighted by Gasteiger charge is -2.11. The smallest absolute Gasteiger partial charge is 0.258 e. The van der Waals surface area contributed by atoms with Crippen LogP contribution in [0.1, 0.15) is 15.9 Å². The number of amides is 1. The molecule has 0 saturated carbocycles. The predicted molar refractivity (Wildman–Crippen MR) is 98.1 cm³/mol. The van der Waals surface area contributed by atoms with Gasteiger partial charge in [-0.1, -0.05) is 11.6 Å². The molecule has 1 aliphatic rings. The van der Waals surface area contributed by atoms with Crippen molar-refractivity contribution in [3.8, 4) is 5.69 Å². The number of hydrogen-bond donors (Lipinski definition) is 1. The molecule has 0 bridgehead atoms. The van der Waals surface area contributed by atoms with Crippen LogP contribution in [0.4, 0.5) is 10.2 Å². The number of carbonyl (C=O) groups excluding carboxylic acids is 1. The van der Waals surface area contributed by atoms with Crippen molar-refractivity contribution in [2.75, 3.05) is 18.5 Å². The number of carbonyl (C=O) groups is 1. The molecular weight excluding hydrogens is 373 g/mol. The van der Waals surface area contributed by atoms with Crippen LogP contribution in [-0.2, 0) is 4.74 Å². The van der Waals surface area contributed by atoms with Gasteiger partial charge in [0.1, 0.15) is 23.4 Å². The third kappa shape index (κ3) is 3.52. The molecule has 1 N–H and O–H groups in total. The van der Waals surface area contributed by atoms with Crippen molar-refractivity contribution in [3.63, 3.8) is 0 Å². The fourth-order valence-electron chi connectivity index (χ4n) is 2.59. The Bertz CT molecular complexity index is 1020. The Balaban J connectivity index is 1.74. The third-order valence-corrected chi connectivity index (χ3v) is 4.10. The number of aliphatic imine (C=N–C) groups is 1. The highest BCUT2D eigenvalue weighted by molar-refractivity contribution is 6.29. The van der Waals surface area contributed by atoms with Gasteiger partial charge in [0.15, 0.2) is 0 Å². The molecule has 0 fully saturated rings. The van der Waals surface area contributed by atoms with E-state index in [1.807, 2.05) is 0 Å². The van der Waals surface area contributed by atoms with E-state index in [1.165, 1.54) is 29.1 Å². The van der Waals surface area contributed by atoms with Gasteiger partial charge in [0, 0.05) is 6.20 Å². The number of pyridine rings is 1. The van der Waals surface area contributed by atoms with Crippen LogP contribution in [0.3, 0.4) is 0 Å². The summed E-state index contributed by atoms with van der Waals surface area (Å²) in [7, 11) is 0. The molecule has 2 aromatic heterocycles. The molecule has 3 aromatic rings. The van der Waals surface area contributed by atoms with Crippen LogP contribution in [0.15, 0.2) is 53.8 Å². The van der Waals surface area contributed by atoms with Crippen molar-refractivity contribution in [3.05, 3.63) is 70.9 Å². The summed E-state index contributed by atoms with van der Waals surface area (Å²) in [6.07, 6.45) is 2.92. The van der Waals surface area contributed by atoms with Gasteiger partial charge >= 0.3 is 0 Å². The number of ether oxygens (including phenoxy) is 1. The lowest BCUT2D eigenvalue weighted by molar-refractivity contribution is 0.102. The van der Waals surface area contributed by atoms with Crippen molar-refractivity contribution in [2.24, 2.45) is 4.99 Å². The molecular formula is C18H13ClFN5O2. The molecule has 0 radical (unpaired) electrons. The summed E-state index contributed by atoms with van der Waals surface area (Å²) in [4.78, 5) is 20.8. The van der Waals surface area contributed by atoms with Crippen LogP contribution in [0.2, 0.25) is 5.15 Å². The van der Waals surface area contributed by atoms with E-state index < -0.39 is 5.91 Å². The van der Waals surface area contributed by atoms with E-state index in [2.05, 4.69) is 20.4 Å². The summed E-state index contributed by atoms with van der Waals surface area (Å²) >= 11 is 5.77. The van der Waals surface area contributed by atoms with Crippen LogP contribution in [0, 0.1) is 5.82 Å². The fraction of sp³-hybridized carbons (Fsp3) is 0.111. The second-order valence-corrected chi connectivity index (χ2v) is 6.04. The lowest BCUT2D eigenvalue weighted by Crippen LogP contribution is -2.18. The molecule has 3 heterocycles. The summed E-state index contributed by atoms with van der Waals surface area (Å²) in [6.45, 7) is 0.997. The number of nitrogens with one attached hydrogen (secondary N) is 1. The van der Waals surface area contributed by atoms with Crippen LogP contribution in [0.25, 0.3) is 5.69 Å². The summed E-state index contributed by atoms with van der Waals surface area (Å²) < 4.78 is 20.3. The minimum atomic E-state index is -0.400. The van der Waals surface area contributed by atoms with Crippen LogP contribution >= 0.6 is 11.6 Å². The van der Waals surface area contributed by atoms with Gasteiger partial charge in [-0.15, -0.1) is 0 Å². The predicted octanol–water partition coefficient (Wildman–Crippen LogP) is 3.09. The fourth-order valence-corrected chi connectivity index (χ4v) is 2.70. The first-order chi connectivity index (χ1) is 13.1. The maximum Gasteiger partial charge on any atom is 0.258 e. The normalized spacial score (nSPS) is 13.2. The number of anilines is 1. The molecule has 9 heteroatoms. The SMILES string of the molecule is O=C(Nc1c(C2=NCCO2)cnn1-c1ccc(F)cc1)c1ccc(Cl)nc1. The Kier molecular flexibility index (Phi) is 4.55. The minimum Gasteiger partial charge on any atom is -0.475 e. The minimum absolute atomic E-state index is 0.289. The number of halogens is 2. The van der Waals surface area contributed by atoms with Gasteiger partial charge in [-0.3, -0.25) is 4.79 Å². The Morgan fingerprint density at radius 1 is 1.19 bits per heavy atom. The Hall–Kier alpha value is -3.26. The molecule has 7 nitrogen and oxygen atoms in total. The van der Waals surface area contributed by atoms with E-state index in [0.29, 0.717) is 41.7 Å². The van der Waals surface area contributed by atoms with Gasteiger partial charge in [0.2, 0.25) is 5.90 Å². The van der Waals surface area contributed by atoms with Crippen molar-refractivity contribution < 1.29 is 13.9 Å². The van der Waals surface area contributed by atoms with Gasteiger partial charge in [-0.25, -0.2) is 19.0 Å². The van der Waals surface area contributed by atoms with Gasteiger partial charge < -0.3 is 10.1 Å². The average Bonchev–Trinajstić information content (AvgIpc) is 3.33. The first-order valence-electron chi connectivity index (χ1n) is 8.06. The van der Waals surface area contributed by atoms with Crippen molar-refractivity contribution >= 4 is 29.2 Å². The zero-order valence-corrected chi connectivity index (χ0v) is 14.7. The zero-order valence-electron chi connectivity index (χ0n) is 13.9. The largest absolute Gasteiger partial charge is 0.475 e. The molecule has 1 aromatic carbocycles. The molecule has 1 aliphatic heterocycles. The van der Waals surface area contributed by atoms with Gasteiger partial charge in [-0.2, -0.15) is 5.10 Å². The maximum absolute atomic E-state index is 13.3. The molecule has 0 unspecified atom stereocenters. The summed E-state index contributed by atoms with van der Waals surface area (Å²) in [6, 6.07) is 8.83. The van der Waals surface area contributed by atoms with Crippen molar-refractivity contribution in [1.29, 1.82) is 0 Å². The average molecular weight is 386 g/mol. The highest BCUT2D eigenvalue weighted by atomic mass is 35.5. The van der Waals surface area contributed by atoms with E-state index in [1.54, 1.807) is 24.4 Å². The molecule has 4 rings (SSSR count). The molecule has 0 saturated heterocycles. The summed E-state index contributed by atoms with van der Waals surface area (Å²) in [5.74, 6) is -0.00886. The first kappa shape index (κ1) is 17.2. The maximum atomic E-state index is 13.3. The Morgan fingerprint density at radius 3 is 2.67 bits per heavy atom. The lowest BCUT2D eigenvalue weighted by atomic mass is 10.2. The van der Waals surface area contributed by atoms with Crippen molar-refractivity contribution in [2.45, 2.75) is 0 Å². The third-order valence-electron chi connectivity index (χ3n) is 3.88. The quantitative estimate of drug-likeness (QED) is 0.700. The Labute approximate surface area is 158 Å². The summed E-state index contributed by atoms with van der Waals surface area (Å²) in [5.41, 5.74) is 1.43. The molecule has 27 heavy (non-hydrogen) atoms. The van der Waals surface area contributed by atoms with E-state index in [0.717, 1.165) is 0 Å². The molecule has 0 spiro atoms. The van der Waals surface area contributed by atoms with E-state index in [4.69, 9.17) is 16.3 Å². The molecule has 1 amide bonds. The van der Waals surface area contributed by atoms with Crippen LogP contribution in [0.5, 0.6) is 0 Å². The molecule has 0 aliphatic carbocycles.